The molecule has 1 atom stereocenters. The van der Waals surface area contributed by atoms with E-state index in [0.717, 1.165) is 12.1 Å². The molecule has 1 fully saturated rings. The van der Waals surface area contributed by atoms with Gasteiger partial charge in [-0.2, -0.15) is 17.7 Å². The maximum Gasteiger partial charge on any atom is 0.416 e. The van der Waals surface area contributed by atoms with Crippen molar-refractivity contribution in [3.63, 3.8) is 0 Å². The van der Waals surface area contributed by atoms with Gasteiger partial charge in [0.1, 0.15) is 11.8 Å². The summed E-state index contributed by atoms with van der Waals surface area (Å²) in [5.74, 6) is 0.908. The quantitative estimate of drug-likeness (QED) is 0.420. The smallest absolute Gasteiger partial charge is 0.416 e. The Bertz CT molecular complexity index is 1370. The van der Waals surface area contributed by atoms with Crippen molar-refractivity contribution in [2.24, 2.45) is 0 Å². The number of carbonyl (C=O) groups excluding carboxylic acids is 1. The lowest BCUT2D eigenvalue weighted by atomic mass is 10.1. The molecular formula is C22H20F3N7O2. The van der Waals surface area contributed by atoms with Crippen LogP contribution in [-0.2, 0) is 11.0 Å². The Morgan fingerprint density at radius 3 is 2.65 bits per heavy atom. The summed E-state index contributed by atoms with van der Waals surface area (Å²) in [6, 6.07) is 9.58. The molecule has 1 aliphatic heterocycles. The van der Waals surface area contributed by atoms with Crippen LogP contribution >= 0.6 is 0 Å². The molecule has 1 saturated heterocycles. The van der Waals surface area contributed by atoms with Crippen LogP contribution < -0.4 is 20.7 Å². The highest BCUT2D eigenvalue weighted by Gasteiger charge is 2.31. The van der Waals surface area contributed by atoms with Gasteiger partial charge in [-0.3, -0.25) is 4.79 Å². The number of nitrogens with one attached hydrogen (secondary N) is 3. The molecule has 1 amide bonds. The third kappa shape index (κ3) is 4.07. The molecule has 3 N–H and O–H groups in total. The van der Waals surface area contributed by atoms with E-state index in [9.17, 15) is 18.0 Å². The lowest BCUT2D eigenvalue weighted by Crippen LogP contribution is -2.42. The number of ether oxygens (including phenoxy) is 1. The van der Waals surface area contributed by atoms with Crippen LogP contribution in [0.2, 0.25) is 0 Å². The van der Waals surface area contributed by atoms with Gasteiger partial charge in [0, 0.05) is 30.6 Å². The van der Waals surface area contributed by atoms with E-state index >= 15 is 0 Å². The van der Waals surface area contributed by atoms with Gasteiger partial charge in [-0.05, 0) is 42.5 Å². The van der Waals surface area contributed by atoms with Crippen molar-refractivity contribution in [3.05, 3.63) is 48.0 Å². The number of rotatable bonds is 4. The second-order valence-electron chi connectivity index (χ2n) is 7.76. The van der Waals surface area contributed by atoms with Crippen LogP contribution in [0.3, 0.4) is 0 Å². The molecule has 0 unspecified atom stereocenters. The summed E-state index contributed by atoms with van der Waals surface area (Å²) in [6.45, 7) is 1.46. The fourth-order valence-corrected chi connectivity index (χ4v) is 3.75. The second-order valence-corrected chi connectivity index (χ2v) is 7.76. The van der Waals surface area contributed by atoms with Gasteiger partial charge in [-0.15, -0.1) is 5.10 Å². The van der Waals surface area contributed by atoms with E-state index in [2.05, 4.69) is 31.0 Å². The Balaban J connectivity index is 1.68. The number of nitrogens with zero attached hydrogens (tertiary/aromatic N) is 4. The highest BCUT2D eigenvalue weighted by Crippen LogP contribution is 2.33. The normalized spacial score (nSPS) is 16.9. The summed E-state index contributed by atoms with van der Waals surface area (Å²) < 4.78 is 46.7. The first-order valence-corrected chi connectivity index (χ1v) is 10.5. The minimum Gasteiger partial charge on any atom is -0.497 e. The SMILES string of the molecule is COc1ccc(-c2nc3c4cc(C(F)(F)F)ccc4nc(N[C@@H]4CNCCNC4=O)n3n2)cc1. The zero-order valence-electron chi connectivity index (χ0n) is 18.0. The summed E-state index contributed by atoms with van der Waals surface area (Å²) in [6.07, 6.45) is -4.52. The van der Waals surface area contributed by atoms with Crippen molar-refractivity contribution in [1.82, 2.24) is 30.2 Å². The Labute approximate surface area is 191 Å². The zero-order chi connectivity index (χ0) is 23.9. The van der Waals surface area contributed by atoms with Crippen LogP contribution in [0.15, 0.2) is 42.5 Å². The Hall–Kier alpha value is -3.93. The molecule has 34 heavy (non-hydrogen) atoms. The van der Waals surface area contributed by atoms with Gasteiger partial charge >= 0.3 is 6.18 Å². The van der Waals surface area contributed by atoms with Gasteiger partial charge in [-0.1, -0.05) is 0 Å². The van der Waals surface area contributed by atoms with Crippen molar-refractivity contribution in [1.29, 1.82) is 0 Å². The van der Waals surface area contributed by atoms with Crippen molar-refractivity contribution >= 4 is 28.4 Å². The van der Waals surface area contributed by atoms with Gasteiger partial charge < -0.3 is 20.7 Å². The molecule has 9 nitrogen and oxygen atoms in total. The zero-order valence-corrected chi connectivity index (χ0v) is 18.0. The van der Waals surface area contributed by atoms with Crippen LogP contribution in [0.5, 0.6) is 5.75 Å². The van der Waals surface area contributed by atoms with E-state index < -0.39 is 17.8 Å². The largest absolute Gasteiger partial charge is 0.497 e. The van der Waals surface area contributed by atoms with Gasteiger partial charge in [0.15, 0.2) is 11.5 Å². The second kappa shape index (κ2) is 8.45. The number of benzene rings is 2. The summed E-state index contributed by atoms with van der Waals surface area (Å²) in [5, 5.41) is 13.7. The van der Waals surface area contributed by atoms with E-state index in [1.165, 1.54) is 10.6 Å². The lowest BCUT2D eigenvalue weighted by Gasteiger charge is -2.17. The number of hydrogen-bond donors (Lipinski definition) is 3. The van der Waals surface area contributed by atoms with Crippen LogP contribution in [-0.4, -0.2) is 58.3 Å². The highest BCUT2D eigenvalue weighted by atomic mass is 19.4. The molecule has 4 aromatic rings. The van der Waals surface area contributed by atoms with Crippen LogP contribution in [0.25, 0.3) is 27.9 Å². The first-order chi connectivity index (χ1) is 16.3. The third-order valence-corrected chi connectivity index (χ3v) is 5.52. The minimum atomic E-state index is -4.52. The molecule has 2 aromatic heterocycles. The number of carbonyl (C=O) groups is 1. The standard InChI is InChI=1S/C22H20F3N7O2/c1-34-14-5-2-12(3-6-14)18-30-19-15-10-13(22(23,24)25)4-7-16(15)28-21(32(19)31-18)29-17-11-26-8-9-27-20(17)33/h2-7,10,17,26H,8-9,11H2,1H3,(H,27,33)(H,28,29)/t17-/m1/s1. The number of anilines is 1. The third-order valence-electron chi connectivity index (χ3n) is 5.52. The maximum absolute atomic E-state index is 13.4. The predicted octanol–water partition coefficient (Wildman–Crippen LogP) is 2.47. The van der Waals surface area contributed by atoms with E-state index in [0.29, 0.717) is 42.3 Å². The number of amides is 1. The van der Waals surface area contributed by atoms with E-state index in [1.807, 2.05) is 0 Å². The first kappa shape index (κ1) is 21.9. The molecule has 0 saturated carbocycles. The molecule has 0 spiro atoms. The van der Waals surface area contributed by atoms with Gasteiger partial charge in [0.2, 0.25) is 11.9 Å². The van der Waals surface area contributed by atoms with Crippen LogP contribution in [0.1, 0.15) is 5.56 Å². The van der Waals surface area contributed by atoms with Crippen LogP contribution in [0.4, 0.5) is 19.1 Å². The minimum absolute atomic E-state index is 0.186. The number of aromatic nitrogens is 4. The van der Waals surface area contributed by atoms with Crippen LogP contribution in [0, 0.1) is 0 Å². The molecule has 12 heteroatoms. The number of methoxy groups -OCH3 is 1. The monoisotopic (exact) mass is 471 g/mol. The van der Waals surface area contributed by atoms with Crippen molar-refractivity contribution in [2.75, 3.05) is 32.1 Å². The van der Waals surface area contributed by atoms with E-state index in [1.54, 1.807) is 31.4 Å². The lowest BCUT2D eigenvalue weighted by molar-refractivity contribution is -0.137. The Morgan fingerprint density at radius 2 is 1.91 bits per heavy atom. The summed E-state index contributed by atoms with van der Waals surface area (Å²) >= 11 is 0. The summed E-state index contributed by atoms with van der Waals surface area (Å²) in [7, 11) is 1.55. The highest BCUT2D eigenvalue weighted by molar-refractivity contribution is 5.94. The Morgan fingerprint density at radius 1 is 1.12 bits per heavy atom. The average molecular weight is 471 g/mol. The molecule has 2 aromatic carbocycles. The number of alkyl halides is 3. The molecule has 0 radical (unpaired) electrons. The predicted molar refractivity (Wildman–Crippen MR) is 119 cm³/mol. The molecular weight excluding hydrogens is 451 g/mol. The summed E-state index contributed by atoms with van der Waals surface area (Å²) in [5.41, 5.74) is 0.306. The molecule has 3 heterocycles. The first-order valence-electron chi connectivity index (χ1n) is 10.5. The molecule has 0 aliphatic carbocycles. The number of halogens is 3. The molecule has 0 bridgehead atoms. The Kier molecular flexibility index (Phi) is 5.44. The topological polar surface area (TPSA) is 105 Å². The number of hydrogen-bond acceptors (Lipinski definition) is 7. The van der Waals surface area contributed by atoms with Gasteiger partial charge in [-0.25, -0.2) is 9.97 Å². The summed E-state index contributed by atoms with van der Waals surface area (Å²) in [4.78, 5) is 21.4. The van der Waals surface area contributed by atoms with Crippen molar-refractivity contribution in [2.45, 2.75) is 12.2 Å². The fraction of sp³-hybridized carbons (Fsp3) is 0.273. The average Bonchev–Trinajstić information content (AvgIpc) is 3.18. The maximum atomic E-state index is 13.4. The van der Waals surface area contributed by atoms with E-state index in [4.69, 9.17) is 4.74 Å². The van der Waals surface area contributed by atoms with Crippen molar-refractivity contribution < 1.29 is 22.7 Å². The molecule has 176 valence electrons. The molecule has 5 rings (SSSR count). The fourth-order valence-electron chi connectivity index (χ4n) is 3.75. The van der Waals surface area contributed by atoms with Gasteiger partial charge in [0.25, 0.3) is 0 Å². The van der Waals surface area contributed by atoms with Gasteiger partial charge in [0.05, 0.1) is 18.2 Å². The molecule has 1 aliphatic rings. The number of fused-ring (bicyclic) bond motifs is 3. The van der Waals surface area contributed by atoms with Crippen molar-refractivity contribution in [3.8, 4) is 17.1 Å². The van der Waals surface area contributed by atoms with E-state index in [-0.39, 0.29) is 22.9 Å².